The number of rotatable bonds is 5. The Balaban J connectivity index is 1.57. The second kappa shape index (κ2) is 8.86. The van der Waals surface area contributed by atoms with Crippen molar-refractivity contribution < 1.29 is 23.4 Å². The van der Waals surface area contributed by atoms with Gasteiger partial charge in [-0.05, 0) is 49.9 Å². The fraction of sp³-hybridized carbons (Fsp3) is 0.250. The number of benzene rings is 2. The number of hydrogen-bond donors (Lipinski definition) is 4. The lowest BCUT2D eigenvalue weighted by molar-refractivity contribution is 0.112. The molecule has 10 heteroatoms. The summed E-state index contributed by atoms with van der Waals surface area (Å²) in [6.45, 7) is 0. The molecule has 0 spiro atoms. The first kappa shape index (κ1) is 22.0. The van der Waals surface area contributed by atoms with Crippen molar-refractivity contribution >= 4 is 34.2 Å². The normalized spacial score (nSPS) is 18.2. The number of anilines is 4. The maximum absolute atomic E-state index is 14.4. The van der Waals surface area contributed by atoms with Crippen LogP contribution in [0.25, 0.3) is 11.0 Å². The number of pyridine rings is 1. The highest BCUT2D eigenvalue weighted by molar-refractivity contribution is 5.82. The molecule has 4 N–H and O–H groups in total. The van der Waals surface area contributed by atoms with Gasteiger partial charge in [0.25, 0.3) is 0 Å². The summed E-state index contributed by atoms with van der Waals surface area (Å²) in [5, 5.41) is 25.3. The third-order valence-corrected chi connectivity index (χ3v) is 5.99. The van der Waals surface area contributed by atoms with Crippen LogP contribution in [0.2, 0.25) is 0 Å². The van der Waals surface area contributed by atoms with Gasteiger partial charge >= 0.3 is 0 Å². The molecule has 5 rings (SSSR count). The van der Waals surface area contributed by atoms with Gasteiger partial charge < -0.3 is 25.4 Å². The van der Waals surface area contributed by atoms with Crippen molar-refractivity contribution in [1.82, 2.24) is 14.5 Å². The number of halogens is 3. The SMILES string of the molecule is Oc1ccc(Nc2cc3c(cn2)nc(Nc2c(F)cc(F)cc2F)n3C2CCC(O)CC2)cc1. The molecule has 4 aromatic rings. The molecule has 0 bridgehead atoms. The molecule has 0 unspecified atom stereocenters. The van der Waals surface area contributed by atoms with Crippen LogP contribution in [0.3, 0.4) is 0 Å². The molecule has 176 valence electrons. The quantitative estimate of drug-likeness (QED) is 0.288. The molecule has 0 aliphatic heterocycles. The molecule has 1 fully saturated rings. The molecule has 2 heterocycles. The molecule has 0 saturated heterocycles. The van der Waals surface area contributed by atoms with Gasteiger partial charge in [0.05, 0.1) is 17.8 Å². The smallest absolute Gasteiger partial charge is 0.208 e. The largest absolute Gasteiger partial charge is 0.508 e. The van der Waals surface area contributed by atoms with E-state index >= 15 is 0 Å². The molecule has 34 heavy (non-hydrogen) atoms. The number of aliphatic hydroxyl groups excluding tert-OH is 1. The number of imidazole rings is 1. The third kappa shape index (κ3) is 4.36. The Morgan fingerprint density at radius 3 is 2.26 bits per heavy atom. The van der Waals surface area contributed by atoms with E-state index in [9.17, 15) is 23.4 Å². The van der Waals surface area contributed by atoms with Crippen LogP contribution in [0.15, 0.2) is 48.7 Å². The number of hydrogen-bond acceptors (Lipinski definition) is 6. The highest BCUT2D eigenvalue weighted by Crippen LogP contribution is 2.36. The topological polar surface area (TPSA) is 95.2 Å². The third-order valence-electron chi connectivity index (χ3n) is 5.99. The first-order chi connectivity index (χ1) is 16.4. The molecular formula is C24H22F3N5O2. The summed E-state index contributed by atoms with van der Waals surface area (Å²) in [7, 11) is 0. The van der Waals surface area contributed by atoms with Crippen molar-refractivity contribution in [1.29, 1.82) is 0 Å². The summed E-state index contributed by atoms with van der Waals surface area (Å²) in [4.78, 5) is 8.88. The maximum atomic E-state index is 14.4. The fourth-order valence-electron chi connectivity index (χ4n) is 4.31. The number of nitrogens with one attached hydrogen (secondary N) is 2. The average Bonchev–Trinajstić information content (AvgIpc) is 3.16. The fourth-order valence-corrected chi connectivity index (χ4v) is 4.31. The molecule has 0 radical (unpaired) electrons. The van der Waals surface area contributed by atoms with Crippen LogP contribution >= 0.6 is 0 Å². The van der Waals surface area contributed by atoms with Gasteiger partial charge in [-0.3, -0.25) is 0 Å². The van der Waals surface area contributed by atoms with Gasteiger partial charge in [-0.1, -0.05) is 0 Å². The second-order valence-corrected chi connectivity index (χ2v) is 8.37. The van der Waals surface area contributed by atoms with Crippen molar-refractivity contribution in [3.63, 3.8) is 0 Å². The van der Waals surface area contributed by atoms with Gasteiger partial charge in [-0.25, -0.2) is 23.1 Å². The molecule has 7 nitrogen and oxygen atoms in total. The summed E-state index contributed by atoms with van der Waals surface area (Å²) in [6.07, 6.45) is 3.65. The van der Waals surface area contributed by atoms with Gasteiger partial charge in [0.2, 0.25) is 5.95 Å². The number of nitrogens with zero attached hydrogens (tertiary/aromatic N) is 3. The maximum Gasteiger partial charge on any atom is 0.208 e. The number of phenolic OH excluding ortho intramolecular Hbond substituents is 1. The summed E-state index contributed by atoms with van der Waals surface area (Å²) >= 11 is 0. The molecule has 1 saturated carbocycles. The predicted molar refractivity (Wildman–Crippen MR) is 122 cm³/mol. The van der Waals surface area contributed by atoms with Gasteiger partial charge in [0, 0.05) is 29.9 Å². The Morgan fingerprint density at radius 1 is 0.912 bits per heavy atom. The van der Waals surface area contributed by atoms with Crippen LogP contribution in [0, 0.1) is 17.5 Å². The molecular weight excluding hydrogens is 447 g/mol. The average molecular weight is 469 g/mol. The van der Waals surface area contributed by atoms with E-state index in [1.807, 2.05) is 4.57 Å². The minimum atomic E-state index is -1.07. The van der Waals surface area contributed by atoms with Crippen molar-refractivity contribution in [2.45, 2.75) is 37.8 Å². The zero-order valence-corrected chi connectivity index (χ0v) is 18.0. The number of phenols is 1. The van der Waals surface area contributed by atoms with E-state index in [2.05, 4.69) is 20.6 Å². The highest BCUT2D eigenvalue weighted by Gasteiger charge is 2.26. The monoisotopic (exact) mass is 469 g/mol. The van der Waals surface area contributed by atoms with E-state index in [1.54, 1.807) is 36.5 Å². The van der Waals surface area contributed by atoms with E-state index < -0.39 is 23.1 Å². The molecule has 2 aromatic heterocycles. The Labute approximate surface area is 192 Å². The van der Waals surface area contributed by atoms with E-state index in [1.165, 1.54) is 0 Å². The number of aromatic hydroxyl groups is 1. The zero-order valence-electron chi connectivity index (χ0n) is 18.0. The summed E-state index contributed by atoms with van der Waals surface area (Å²) in [6, 6.07) is 9.42. The van der Waals surface area contributed by atoms with Gasteiger partial charge in [0.1, 0.15) is 28.6 Å². The van der Waals surface area contributed by atoms with Gasteiger partial charge in [0.15, 0.2) is 11.6 Å². The summed E-state index contributed by atoms with van der Waals surface area (Å²) in [5.41, 5.74) is 1.41. The minimum Gasteiger partial charge on any atom is -0.508 e. The first-order valence-corrected chi connectivity index (χ1v) is 10.9. The van der Waals surface area contributed by atoms with Crippen LogP contribution < -0.4 is 10.6 Å². The van der Waals surface area contributed by atoms with Crippen molar-refractivity contribution in [2.75, 3.05) is 10.6 Å². The Hall–Kier alpha value is -3.79. The zero-order chi connectivity index (χ0) is 23.8. The number of fused-ring (bicyclic) bond motifs is 1. The van der Waals surface area contributed by atoms with E-state index in [0.29, 0.717) is 60.4 Å². The Kier molecular flexibility index (Phi) is 5.74. The van der Waals surface area contributed by atoms with E-state index in [-0.39, 0.29) is 23.8 Å². The highest BCUT2D eigenvalue weighted by atomic mass is 19.1. The molecule has 1 aliphatic rings. The van der Waals surface area contributed by atoms with Crippen LogP contribution in [0.1, 0.15) is 31.7 Å². The first-order valence-electron chi connectivity index (χ1n) is 10.9. The minimum absolute atomic E-state index is 0.0774. The second-order valence-electron chi connectivity index (χ2n) is 8.37. The van der Waals surface area contributed by atoms with Crippen LogP contribution in [0.5, 0.6) is 5.75 Å². The van der Waals surface area contributed by atoms with E-state index in [0.717, 1.165) is 0 Å². The molecule has 0 atom stereocenters. The van der Waals surface area contributed by atoms with Gasteiger partial charge in [-0.2, -0.15) is 0 Å². The lowest BCUT2D eigenvalue weighted by Crippen LogP contribution is -2.22. The van der Waals surface area contributed by atoms with Crippen molar-refractivity contribution in [3.05, 3.63) is 66.1 Å². The molecule has 2 aromatic carbocycles. The lowest BCUT2D eigenvalue weighted by Gasteiger charge is -2.28. The Morgan fingerprint density at radius 2 is 1.59 bits per heavy atom. The van der Waals surface area contributed by atoms with Crippen LogP contribution in [-0.2, 0) is 0 Å². The standard InChI is InChI=1S/C24H22F3N5O2/c25-13-9-18(26)23(19(27)10-13)31-24-30-20-12-28-22(29-14-1-5-16(33)6-2-14)11-21(20)32(24)15-3-7-17(34)8-4-15/h1-2,5-6,9-12,15,17,33-34H,3-4,7-8H2,(H,28,29)(H,30,31). The van der Waals surface area contributed by atoms with E-state index in [4.69, 9.17) is 0 Å². The van der Waals surface area contributed by atoms with Crippen LogP contribution in [0.4, 0.5) is 36.3 Å². The molecule has 0 amide bonds. The predicted octanol–water partition coefficient (Wildman–Crippen LogP) is 5.52. The van der Waals surface area contributed by atoms with Gasteiger partial charge in [-0.15, -0.1) is 0 Å². The summed E-state index contributed by atoms with van der Waals surface area (Å²) < 4.78 is 44.0. The van der Waals surface area contributed by atoms with Crippen molar-refractivity contribution in [2.24, 2.45) is 0 Å². The number of aliphatic hydroxyl groups is 1. The number of aromatic nitrogens is 3. The molecule has 1 aliphatic carbocycles. The van der Waals surface area contributed by atoms with Crippen LogP contribution in [-0.4, -0.2) is 30.9 Å². The lowest BCUT2D eigenvalue weighted by atomic mass is 9.93. The van der Waals surface area contributed by atoms with Crippen molar-refractivity contribution in [3.8, 4) is 5.75 Å². The Bertz CT molecular complexity index is 1310. The summed E-state index contributed by atoms with van der Waals surface area (Å²) in [5.74, 6) is -2.29.